The third-order valence-corrected chi connectivity index (χ3v) is 3.45. The molecule has 0 aliphatic heterocycles. The molecule has 2 aromatic carbocycles. The van der Waals surface area contributed by atoms with Crippen molar-refractivity contribution in [1.29, 1.82) is 0 Å². The number of hydrogen-bond acceptors (Lipinski definition) is 3. The zero-order valence-electron chi connectivity index (χ0n) is 12.6. The van der Waals surface area contributed by atoms with E-state index in [0.29, 0.717) is 22.9 Å². The Bertz CT molecular complexity index is 623. The molecule has 0 radical (unpaired) electrons. The summed E-state index contributed by atoms with van der Waals surface area (Å²) >= 11 is 5.83. The fraction of sp³-hybridized carbons (Fsp3) is 0.278. The predicted octanol–water partition coefficient (Wildman–Crippen LogP) is 5.37. The molecule has 2 rings (SSSR count). The van der Waals surface area contributed by atoms with E-state index in [-0.39, 0.29) is 5.75 Å². The molecule has 4 heteroatoms. The Kier molecular flexibility index (Phi) is 6.28. The number of phenolic OH excluding ortho intramolecular Hbond substituents is 1. The van der Waals surface area contributed by atoms with Crippen LogP contribution in [0.5, 0.6) is 11.5 Å². The summed E-state index contributed by atoms with van der Waals surface area (Å²) in [5, 5.41) is 10.7. The van der Waals surface area contributed by atoms with Crippen LogP contribution in [-0.2, 0) is 0 Å². The highest BCUT2D eigenvalue weighted by Crippen LogP contribution is 2.23. The highest BCUT2D eigenvalue weighted by Gasteiger charge is 2.02. The van der Waals surface area contributed by atoms with Crippen molar-refractivity contribution in [3.05, 3.63) is 53.1 Å². The molecule has 1 N–H and O–H groups in total. The van der Waals surface area contributed by atoms with Gasteiger partial charge in [-0.25, -0.2) is 0 Å². The van der Waals surface area contributed by atoms with Gasteiger partial charge in [-0.3, -0.25) is 4.99 Å². The Balaban J connectivity index is 1.98. The van der Waals surface area contributed by atoms with E-state index in [1.165, 1.54) is 0 Å². The lowest BCUT2D eigenvalue weighted by Gasteiger charge is -2.07. The van der Waals surface area contributed by atoms with Crippen molar-refractivity contribution in [3.8, 4) is 11.5 Å². The van der Waals surface area contributed by atoms with E-state index in [4.69, 9.17) is 16.3 Å². The van der Waals surface area contributed by atoms with Gasteiger partial charge in [0.25, 0.3) is 0 Å². The summed E-state index contributed by atoms with van der Waals surface area (Å²) < 4.78 is 5.60. The van der Waals surface area contributed by atoms with E-state index in [0.717, 1.165) is 24.9 Å². The van der Waals surface area contributed by atoms with Crippen molar-refractivity contribution in [3.63, 3.8) is 0 Å². The van der Waals surface area contributed by atoms with E-state index >= 15 is 0 Å². The number of halogens is 1. The molecule has 116 valence electrons. The van der Waals surface area contributed by atoms with Crippen LogP contribution in [0.3, 0.4) is 0 Å². The normalized spacial score (nSPS) is 11.0. The van der Waals surface area contributed by atoms with Crippen molar-refractivity contribution < 1.29 is 9.84 Å². The lowest BCUT2D eigenvalue weighted by molar-refractivity contribution is 0.304. The molecule has 0 aromatic heterocycles. The van der Waals surface area contributed by atoms with Crippen LogP contribution in [0.4, 0.5) is 5.69 Å². The summed E-state index contributed by atoms with van der Waals surface area (Å²) in [5.74, 6) is 0.836. The maximum Gasteiger partial charge on any atom is 0.128 e. The fourth-order valence-corrected chi connectivity index (χ4v) is 2.06. The van der Waals surface area contributed by atoms with Gasteiger partial charge in [-0.15, -0.1) is 0 Å². The van der Waals surface area contributed by atoms with Gasteiger partial charge in [-0.2, -0.15) is 0 Å². The molecule has 0 saturated carbocycles. The zero-order chi connectivity index (χ0) is 15.8. The Morgan fingerprint density at radius 3 is 2.59 bits per heavy atom. The molecule has 0 spiro atoms. The van der Waals surface area contributed by atoms with Gasteiger partial charge in [0.1, 0.15) is 11.5 Å². The molecular formula is C18H20ClNO2. The maximum absolute atomic E-state index is 10.0. The molecular weight excluding hydrogens is 298 g/mol. The monoisotopic (exact) mass is 317 g/mol. The van der Waals surface area contributed by atoms with Crippen molar-refractivity contribution >= 4 is 23.5 Å². The molecule has 0 amide bonds. The van der Waals surface area contributed by atoms with Crippen molar-refractivity contribution in [2.24, 2.45) is 4.99 Å². The van der Waals surface area contributed by atoms with Crippen molar-refractivity contribution in [2.75, 3.05) is 6.61 Å². The minimum Gasteiger partial charge on any atom is -0.507 e. The van der Waals surface area contributed by atoms with Gasteiger partial charge in [0.05, 0.1) is 12.3 Å². The predicted molar refractivity (Wildman–Crippen MR) is 91.8 cm³/mol. The summed E-state index contributed by atoms with van der Waals surface area (Å²) in [6.07, 6.45) is 4.96. The average molecular weight is 318 g/mol. The molecule has 0 bridgehead atoms. The number of benzene rings is 2. The van der Waals surface area contributed by atoms with E-state index in [1.54, 1.807) is 30.5 Å². The number of nitrogens with zero attached hydrogens (tertiary/aromatic N) is 1. The first kappa shape index (κ1) is 16.4. The second-order valence-corrected chi connectivity index (χ2v) is 5.45. The SMILES string of the molecule is CCCCCOc1ccc(C=Nc2ccc(Cl)cc2)c(O)c1. The van der Waals surface area contributed by atoms with Crippen LogP contribution in [0.15, 0.2) is 47.5 Å². The van der Waals surface area contributed by atoms with E-state index in [2.05, 4.69) is 11.9 Å². The number of rotatable bonds is 7. The first-order valence-corrected chi connectivity index (χ1v) is 7.82. The lowest BCUT2D eigenvalue weighted by atomic mass is 10.2. The summed E-state index contributed by atoms with van der Waals surface area (Å²) in [6, 6.07) is 12.5. The number of ether oxygens (including phenoxy) is 1. The van der Waals surface area contributed by atoms with Gasteiger partial charge in [-0.05, 0) is 42.8 Å². The number of aliphatic imine (C=N–C) groups is 1. The molecule has 3 nitrogen and oxygen atoms in total. The topological polar surface area (TPSA) is 41.8 Å². The zero-order valence-corrected chi connectivity index (χ0v) is 13.4. The second kappa shape index (κ2) is 8.44. The Hall–Kier alpha value is -2.00. The van der Waals surface area contributed by atoms with E-state index in [9.17, 15) is 5.11 Å². The first-order valence-electron chi connectivity index (χ1n) is 7.44. The van der Waals surface area contributed by atoms with Gasteiger partial charge >= 0.3 is 0 Å². The standard InChI is InChI=1S/C18H20ClNO2/c1-2-3-4-11-22-17-10-5-14(18(21)12-17)13-20-16-8-6-15(19)7-9-16/h5-10,12-13,21H,2-4,11H2,1H3. The molecule has 0 saturated heterocycles. The molecule has 0 fully saturated rings. The largest absolute Gasteiger partial charge is 0.507 e. The highest BCUT2D eigenvalue weighted by molar-refractivity contribution is 6.30. The van der Waals surface area contributed by atoms with Crippen LogP contribution >= 0.6 is 11.6 Å². The van der Waals surface area contributed by atoms with Gasteiger partial charge < -0.3 is 9.84 Å². The van der Waals surface area contributed by atoms with Gasteiger partial charge in [0.2, 0.25) is 0 Å². The Labute approximate surface area is 136 Å². The summed E-state index contributed by atoms with van der Waals surface area (Å²) in [4.78, 5) is 4.31. The quantitative estimate of drug-likeness (QED) is 0.551. The molecule has 0 aliphatic carbocycles. The fourth-order valence-electron chi connectivity index (χ4n) is 1.94. The van der Waals surface area contributed by atoms with Crippen LogP contribution in [0, 0.1) is 0 Å². The third-order valence-electron chi connectivity index (χ3n) is 3.20. The highest BCUT2D eigenvalue weighted by atomic mass is 35.5. The van der Waals surface area contributed by atoms with Crippen LogP contribution in [0.25, 0.3) is 0 Å². The van der Waals surface area contributed by atoms with Gasteiger partial charge in [0.15, 0.2) is 0 Å². The van der Waals surface area contributed by atoms with E-state index < -0.39 is 0 Å². The van der Waals surface area contributed by atoms with Crippen LogP contribution in [0.2, 0.25) is 5.02 Å². The molecule has 0 atom stereocenters. The van der Waals surface area contributed by atoms with Crippen LogP contribution in [-0.4, -0.2) is 17.9 Å². The number of unbranched alkanes of at least 4 members (excludes halogenated alkanes) is 2. The third kappa shape index (κ3) is 5.08. The minimum absolute atomic E-state index is 0.158. The molecule has 22 heavy (non-hydrogen) atoms. The lowest BCUT2D eigenvalue weighted by Crippen LogP contribution is -1.97. The smallest absolute Gasteiger partial charge is 0.128 e. The molecule has 0 unspecified atom stereocenters. The second-order valence-electron chi connectivity index (χ2n) is 5.01. The number of hydrogen-bond donors (Lipinski definition) is 1. The Morgan fingerprint density at radius 2 is 1.91 bits per heavy atom. The first-order chi connectivity index (χ1) is 10.7. The molecule has 2 aromatic rings. The van der Waals surface area contributed by atoms with Crippen molar-refractivity contribution in [2.45, 2.75) is 26.2 Å². The Morgan fingerprint density at radius 1 is 1.14 bits per heavy atom. The van der Waals surface area contributed by atoms with Crippen molar-refractivity contribution in [1.82, 2.24) is 0 Å². The van der Waals surface area contributed by atoms with Crippen LogP contribution < -0.4 is 4.74 Å². The molecule has 0 heterocycles. The summed E-state index contributed by atoms with van der Waals surface area (Å²) in [6.45, 7) is 2.83. The van der Waals surface area contributed by atoms with Gasteiger partial charge in [-0.1, -0.05) is 31.4 Å². The average Bonchev–Trinajstić information content (AvgIpc) is 2.52. The molecule has 0 aliphatic rings. The summed E-state index contributed by atoms with van der Waals surface area (Å²) in [5.41, 5.74) is 1.43. The number of phenols is 1. The number of aromatic hydroxyl groups is 1. The van der Waals surface area contributed by atoms with Gasteiger partial charge in [0, 0.05) is 22.9 Å². The maximum atomic E-state index is 10.0. The van der Waals surface area contributed by atoms with Crippen LogP contribution in [0.1, 0.15) is 31.7 Å². The van der Waals surface area contributed by atoms with E-state index in [1.807, 2.05) is 18.2 Å². The summed E-state index contributed by atoms with van der Waals surface area (Å²) in [7, 11) is 0. The minimum atomic E-state index is 0.158.